The summed E-state index contributed by atoms with van der Waals surface area (Å²) < 4.78 is 26.7. The van der Waals surface area contributed by atoms with Crippen LogP contribution in [0.5, 0.6) is 0 Å². The molecule has 0 saturated carbocycles. The summed E-state index contributed by atoms with van der Waals surface area (Å²) in [5.41, 5.74) is 1.52. The molecule has 1 N–H and O–H groups in total. The highest BCUT2D eigenvalue weighted by Gasteiger charge is 2.44. The van der Waals surface area contributed by atoms with Gasteiger partial charge in [0.1, 0.15) is 10.9 Å². The molecule has 31 heavy (non-hydrogen) atoms. The molecule has 6 nitrogen and oxygen atoms in total. The Morgan fingerprint density at radius 2 is 1.84 bits per heavy atom. The predicted molar refractivity (Wildman–Crippen MR) is 111 cm³/mol. The zero-order valence-corrected chi connectivity index (χ0v) is 17.2. The fourth-order valence-electron chi connectivity index (χ4n) is 3.33. The quantitative estimate of drug-likeness (QED) is 0.723. The van der Waals surface area contributed by atoms with E-state index in [1.54, 1.807) is 6.92 Å². The Bertz CT molecular complexity index is 1150. The lowest BCUT2D eigenvalue weighted by molar-refractivity contribution is -0.139. The lowest BCUT2D eigenvalue weighted by Crippen LogP contribution is -2.41. The zero-order chi connectivity index (χ0) is 22.1. The van der Waals surface area contributed by atoms with E-state index < -0.39 is 35.1 Å². The number of hydrazone groups is 1. The highest BCUT2D eigenvalue weighted by Crippen LogP contribution is 2.39. The number of benzene rings is 2. The van der Waals surface area contributed by atoms with Crippen molar-refractivity contribution < 1.29 is 23.2 Å². The number of hydrogen-bond donors (Lipinski definition) is 1. The molecule has 1 unspecified atom stereocenters. The van der Waals surface area contributed by atoms with E-state index in [-0.39, 0.29) is 11.5 Å². The van der Waals surface area contributed by atoms with E-state index in [2.05, 4.69) is 10.4 Å². The third-order valence-electron chi connectivity index (χ3n) is 5.00. The van der Waals surface area contributed by atoms with Gasteiger partial charge >= 0.3 is 0 Å². The molecule has 2 amide bonds. The van der Waals surface area contributed by atoms with Crippen LogP contribution in [0.25, 0.3) is 0 Å². The van der Waals surface area contributed by atoms with E-state index in [4.69, 9.17) is 0 Å². The van der Waals surface area contributed by atoms with Gasteiger partial charge in [-0.15, -0.1) is 0 Å². The first-order valence-electron chi connectivity index (χ1n) is 9.46. The van der Waals surface area contributed by atoms with Crippen LogP contribution in [0.1, 0.15) is 18.1 Å². The van der Waals surface area contributed by atoms with Gasteiger partial charge in [-0.2, -0.15) is 10.1 Å². The molecule has 0 fully saturated rings. The number of hydrogen-bond acceptors (Lipinski definition) is 5. The molecule has 0 aromatic heterocycles. The first-order chi connectivity index (χ1) is 14.8. The van der Waals surface area contributed by atoms with Gasteiger partial charge in [-0.1, -0.05) is 36.4 Å². The van der Waals surface area contributed by atoms with E-state index in [0.29, 0.717) is 22.7 Å². The average Bonchev–Trinajstić information content (AvgIpc) is 3.23. The summed E-state index contributed by atoms with van der Waals surface area (Å²) in [4.78, 5) is 38.2. The predicted octanol–water partition coefficient (Wildman–Crippen LogP) is 3.14. The number of carbonyl (C=O) groups excluding carboxylic acids is 3. The van der Waals surface area contributed by atoms with Crippen LogP contribution < -0.4 is 5.32 Å². The summed E-state index contributed by atoms with van der Waals surface area (Å²) >= 11 is 0.958. The summed E-state index contributed by atoms with van der Waals surface area (Å²) in [7, 11) is 0. The second-order valence-corrected chi connectivity index (χ2v) is 8.10. The van der Waals surface area contributed by atoms with Gasteiger partial charge in [-0.25, -0.2) is 8.78 Å². The smallest absolute Gasteiger partial charge is 0.279 e. The number of rotatable bonds is 5. The van der Waals surface area contributed by atoms with Crippen LogP contribution >= 0.6 is 11.8 Å². The van der Waals surface area contributed by atoms with Gasteiger partial charge in [0.2, 0.25) is 0 Å². The Morgan fingerprint density at radius 3 is 2.55 bits per heavy atom. The highest BCUT2D eigenvalue weighted by molar-refractivity contribution is 8.19. The van der Waals surface area contributed by atoms with Crippen LogP contribution in [-0.2, 0) is 27.3 Å². The van der Waals surface area contributed by atoms with E-state index >= 15 is 0 Å². The maximum absolute atomic E-state index is 13.5. The summed E-state index contributed by atoms with van der Waals surface area (Å²) in [6.45, 7) is 1.85. The number of fused-ring (bicyclic) bond motifs is 1. The van der Waals surface area contributed by atoms with Crippen molar-refractivity contribution in [3.05, 3.63) is 81.9 Å². The number of ketones is 1. The Labute approximate surface area is 181 Å². The number of amides is 2. The number of nitrogens with one attached hydrogen (secondary N) is 1. The van der Waals surface area contributed by atoms with Gasteiger partial charge in [-0.05, 0) is 48.4 Å². The zero-order valence-electron chi connectivity index (χ0n) is 16.4. The van der Waals surface area contributed by atoms with Crippen LogP contribution in [0.15, 0.2) is 64.2 Å². The van der Waals surface area contributed by atoms with Gasteiger partial charge < -0.3 is 5.32 Å². The normalized spacial score (nSPS) is 18.2. The van der Waals surface area contributed by atoms with Crippen molar-refractivity contribution in [2.75, 3.05) is 0 Å². The Balaban J connectivity index is 1.51. The fraction of sp³-hybridized carbons (Fsp3) is 0.182. The summed E-state index contributed by atoms with van der Waals surface area (Å²) in [5, 5.41) is 8.27. The molecule has 4 rings (SSSR count). The molecule has 0 radical (unpaired) electrons. The highest BCUT2D eigenvalue weighted by atomic mass is 32.2. The van der Waals surface area contributed by atoms with Crippen molar-refractivity contribution in [2.45, 2.75) is 19.9 Å². The number of allylic oxidation sites excluding steroid dienone is 1. The first-order valence-corrected chi connectivity index (χ1v) is 10.3. The standard InChI is InChI=1S/C22H17F2N3O3S/c1-12-18(28)15(9-14-7-8-16(23)17(24)10-14)21(30)27-22(12)31-20(26-27)19(29)25-11-13-5-3-2-4-6-13/h2-8,10,15H,9,11H2,1H3,(H,25,29). The van der Waals surface area contributed by atoms with Crippen molar-refractivity contribution >= 4 is 34.4 Å². The monoisotopic (exact) mass is 441 g/mol. The molecule has 2 heterocycles. The Hall–Kier alpha value is -3.33. The fourth-order valence-corrected chi connectivity index (χ4v) is 4.27. The van der Waals surface area contributed by atoms with E-state index in [9.17, 15) is 23.2 Å². The minimum Gasteiger partial charge on any atom is -0.346 e. The topological polar surface area (TPSA) is 78.8 Å². The van der Waals surface area contributed by atoms with Crippen LogP contribution in [0.2, 0.25) is 0 Å². The molecule has 2 aliphatic heterocycles. The summed E-state index contributed by atoms with van der Waals surface area (Å²) in [5.74, 6) is -4.66. The average molecular weight is 441 g/mol. The van der Waals surface area contributed by atoms with Crippen LogP contribution in [0.3, 0.4) is 0 Å². The molecule has 2 aromatic rings. The molecule has 158 valence electrons. The largest absolute Gasteiger partial charge is 0.346 e. The minimum atomic E-state index is -1.12. The molecular weight excluding hydrogens is 424 g/mol. The maximum atomic E-state index is 13.5. The molecular formula is C22H17F2N3O3S. The number of Topliss-reactive ketones (excluding diaryl/α,β-unsaturated/α-hetero) is 1. The summed E-state index contributed by atoms with van der Waals surface area (Å²) in [6.07, 6.45) is -0.0916. The number of carbonyl (C=O) groups is 3. The van der Waals surface area contributed by atoms with Crippen LogP contribution in [0, 0.1) is 17.6 Å². The maximum Gasteiger partial charge on any atom is 0.279 e. The molecule has 9 heteroatoms. The molecule has 2 aliphatic rings. The Morgan fingerprint density at radius 1 is 1.10 bits per heavy atom. The van der Waals surface area contributed by atoms with Crippen molar-refractivity contribution in [3.63, 3.8) is 0 Å². The van der Waals surface area contributed by atoms with Crippen molar-refractivity contribution in [3.8, 4) is 0 Å². The van der Waals surface area contributed by atoms with Gasteiger partial charge in [0.15, 0.2) is 22.5 Å². The van der Waals surface area contributed by atoms with Crippen molar-refractivity contribution in [1.82, 2.24) is 10.3 Å². The first kappa shape index (κ1) is 20.9. The molecule has 2 aromatic carbocycles. The molecule has 0 spiro atoms. The summed E-state index contributed by atoms with van der Waals surface area (Å²) in [6, 6.07) is 12.6. The van der Waals surface area contributed by atoms with Crippen molar-refractivity contribution in [1.29, 1.82) is 0 Å². The van der Waals surface area contributed by atoms with Gasteiger partial charge in [0, 0.05) is 12.1 Å². The van der Waals surface area contributed by atoms with Crippen LogP contribution in [-0.4, -0.2) is 27.7 Å². The number of nitrogens with zero attached hydrogens (tertiary/aromatic N) is 2. The minimum absolute atomic E-state index is 0.0555. The second-order valence-electron chi connectivity index (χ2n) is 7.13. The van der Waals surface area contributed by atoms with Crippen molar-refractivity contribution in [2.24, 2.45) is 11.0 Å². The van der Waals surface area contributed by atoms with Gasteiger partial charge in [0.05, 0.1) is 0 Å². The van der Waals surface area contributed by atoms with Gasteiger partial charge in [0.25, 0.3) is 11.8 Å². The lowest BCUT2D eigenvalue weighted by Gasteiger charge is -2.27. The molecule has 0 aliphatic carbocycles. The molecule has 1 atom stereocenters. The SMILES string of the molecule is CC1=C2SC(C(=O)NCc3ccccc3)=NN2C(=O)C(Cc2ccc(F)c(F)c2)C1=O. The molecule has 0 saturated heterocycles. The Kier molecular flexibility index (Phi) is 5.69. The van der Waals surface area contributed by atoms with Crippen LogP contribution in [0.4, 0.5) is 8.78 Å². The third kappa shape index (κ3) is 4.13. The van der Waals surface area contributed by atoms with E-state index in [1.165, 1.54) is 6.07 Å². The van der Waals surface area contributed by atoms with E-state index in [1.807, 2.05) is 30.3 Å². The molecule has 0 bridgehead atoms. The number of halogens is 2. The lowest BCUT2D eigenvalue weighted by atomic mass is 9.89. The van der Waals surface area contributed by atoms with E-state index in [0.717, 1.165) is 34.5 Å². The second kappa shape index (κ2) is 8.43. The number of thioether (sulfide) groups is 1. The van der Waals surface area contributed by atoms with Gasteiger partial charge in [-0.3, -0.25) is 14.4 Å². The third-order valence-corrected chi connectivity index (χ3v) is 6.14.